The van der Waals surface area contributed by atoms with E-state index in [-0.39, 0.29) is 17.7 Å². The molecule has 0 aliphatic carbocycles. The maximum absolute atomic E-state index is 14.7. The molecular formula is C23H22F2N4. The number of fused-ring (bicyclic) bond motifs is 3. The Kier molecular flexibility index (Phi) is 4.42. The SMILES string of the molecule is CCc1c2n(c3c(F)cccc13)C[C@H](n1nncc1Cc1ccc(F)cc1)CC2. The zero-order valence-corrected chi connectivity index (χ0v) is 16.3. The minimum absolute atomic E-state index is 0.111. The zero-order valence-electron chi connectivity index (χ0n) is 16.3. The Morgan fingerprint density at radius 3 is 2.72 bits per heavy atom. The number of benzene rings is 2. The maximum Gasteiger partial charge on any atom is 0.147 e. The van der Waals surface area contributed by atoms with E-state index in [1.165, 1.54) is 29.5 Å². The van der Waals surface area contributed by atoms with E-state index in [2.05, 4.69) is 21.8 Å². The molecule has 4 aromatic rings. The molecule has 5 rings (SSSR count). The molecule has 0 spiro atoms. The lowest BCUT2D eigenvalue weighted by Crippen LogP contribution is -2.26. The Labute approximate surface area is 167 Å². The molecule has 0 saturated carbocycles. The van der Waals surface area contributed by atoms with E-state index in [9.17, 15) is 8.78 Å². The number of aryl methyl sites for hydroxylation is 1. The summed E-state index contributed by atoms with van der Waals surface area (Å²) in [5, 5.41) is 9.49. The van der Waals surface area contributed by atoms with Crippen LogP contribution in [0, 0.1) is 11.6 Å². The third-order valence-corrected chi connectivity index (χ3v) is 6.01. The number of rotatable bonds is 4. The standard InChI is InChI=1S/C23H22F2N4/c1-2-19-20-4-3-5-21(25)23(20)28-14-17(10-11-22(19)28)29-18(13-26-27-29)12-15-6-8-16(24)9-7-15/h3-9,13,17H,2,10-12,14H2,1H3/t17-/m1/s1. The smallest absolute Gasteiger partial charge is 0.147 e. The Morgan fingerprint density at radius 1 is 1.10 bits per heavy atom. The molecule has 0 radical (unpaired) electrons. The average molecular weight is 392 g/mol. The van der Waals surface area contributed by atoms with Gasteiger partial charge in [-0.3, -0.25) is 0 Å². The van der Waals surface area contributed by atoms with Gasteiger partial charge in [0.1, 0.15) is 11.6 Å². The van der Waals surface area contributed by atoms with Gasteiger partial charge in [0.05, 0.1) is 23.4 Å². The number of para-hydroxylation sites is 1. The lowest BCUT2D eigenvalue weighted by atomic mass is 10.0. The van der Waals surface area contributed by atoms with Crippen LogP contribution in [0.2, 0.25) is 0 Å². The summed E-state index contributed by atoms with van der Waals surface area (Å²) < 4.78 is 32.0. The van der Waals surface area contributed by atoms with Gasteiger partial charge in [-0.25, -0.2) is 13.5 Å². The fourth-order valence-electron chi connectivity index (χ4n) is 4.68. The summed E-state index contributed by atoms with van der Waals surface area (Å²) in [5.74, 6) is -0.414. The molecule has 0 N–H and O–H groups in total. The van der Waals surface area contributed by atoms with Crippen molar-refractivity contribution in [3.05, 3.63) is 82.8 Å². The van der Waals surface area contributed by atoms with E-state index in [1.54, 1.807) is 24.4 Å². The molecule has 0 unspecified atom stereocenters. The maximum atomic E-state index is 14.7. The Morgan fingerprint density at radius 2 is 1.93 bits per heavy atom. The lowest BCUT2D eigenvalue weighted by Gasteiger charge is -2.27. The highest BCUT2D eigenvalue weighted by Gasteiger charge is 2.28. The van der Waals surface area contributed by atoms with Gasteiger partial charge in [0, 0.05) is 24.0 Å². The summed E-state index contributed by atoms with van der Waals surface area (Å²) in [6.45, 7) is 2.80. The number of aromatic nitrogens is 4. The molecule has 1 aliphatic rings. The molecule has 6 heteroatoms. The molecule has 29 heavy (non-hydrogen) atoms. The van der Waals surface area contributed by atoms with Crippen molar-refractivity contribution in [1.82, 2.24) is 19.6 Å². The van der Waals surface area contributed by atoms with Crippen LogP contribution in [-0.4, -0.2) is 19.6 Å². The molecule has 4 nitrogen and oxygen atoms in total. The third kappa shape index (κ3) is 3.03. The molecule has 1 aliphatic heterocycles. The van der Waals surface area contributed by atoms with E-state index < -0.39 is 0 Å². The van der Waals surface area contributed by atoms with Crippen LogP contribution in [-0.2, 0) is 25.8 Å². The molecule has 3 heterocycles. The van der Waals surface area contributed by atoms with Gasteiger partial charge in [-0.1, -0.05) is 36.4 Å². The molecule has 2 aromatic heterocycles. The van der Waals surface area contributed by atoms with Crippen molar-refractivity contribution in [1.29, 1.82) is 0 Å². The molecule has 0 saturated heterocycles. The van der Waals surface area contributed by atoms with Crippen LogP contribution in [0.15, 0.2) is 48.7 Å². The van der Waals surface area contributed by atoms with Gasteiger partial charge < -0.3 is 4.57 Å². The fraction of sp³-hybridized carbons (Fsp3) is 0.304. The van der Waals surface area contributed by atoms with Crippen molar-refractivity contribution in [2.24, 2.45) is 0 Å². The second-order valence-electron chi connectivity index (χ2n) is 7.69. The van der Waals surface area contributed by atoms with Crippen molar-refractivity contribution in [3.63, 3.8) is 0 Å². The quantitative estimate of drug-likeness (QED) is 0.498. The van der Waals surface area contributed by atoms with Crippen LogP contribution in [0.1, 0.15) is 41.9 Å². The molecular weight excluding hydrogens is 370 g/mol. The zero-order chi connectivity index (χ0) is 20.0. The van der Waals surface area contributed by atoms with Crippen LogP contribution in [0.5, 0.6) is 0 Å². The highest BCUT2D eigenvalue weighted by molar-refractivity contribution is 5.86. The van der Waals surface area contributed by atoms with E-state index in [1.807, 2.05) is 10.7 Å². The summed E-state index contributed by atoms with van der Waals surface area (Å²) in [6, 6.07) is 12.0. The van der Waals surface area contributed by atoms with E-state index in [4.69, 9.17) is 0 Å². The third-order valence-electron chi connectivity index (χ3n) is 6.01. The molecule has 148 valence electrons. The number of hydrogen-bond donors (Lipinski definition) is 0. The topological polar surface area (TPSA) is 35.6 Å². The summed E-state index contributed by atoms with van der Waals surface area (Å²) in [4.78, 5) is 0. The number of hydrogen-bond acceptors (Lipinski definition) is 2. The summed E-state index contributed by atoms with van der Waals surface area (Å²) in [7, 11) is 0. The van der Waals surface area contributed by atoms with Gasteiger partial charge in [0.2, 0.25) is 0 Å². The van der Waals surface area contributed by atoms with Crippen LogP contribution in [0.25, 0.3) is 10.9 Å². The van der Waals surface area contributed by atoms with Crippen LogP contribution < -0.4 is 0 Å². The van der Waals surface area contributed by atoms with Crippen molar-refractivity contribution >= 4 is 10.9 Å². The number of halogens is 2. The average Bonchev–Trinajstić information content (AvgIpc) is 3.31. The highest BCUT2D eigenvalue weighted by atomic mass is 19.1. The van der Waals surface area contributed by atoms with Gasteiger partial charge >= 0.3 is 0 Å². The summed E-state index contributed by atoms with van der Waals surface area (Å²) >= 11 is 0. The van der Waals surface area contributed by atoms with Crippen molar-refractivity contribution < 1.29 is 8.78 Å². The van der Waals surface area contributed by atoms with Crippen molar-refractivity contribution in [2.45, 2.75) is 45.2 Å². The van der Waals surface area contributed by atoms with Crippen molar-refractivity contribution in [3.8, 4) is 0 Å². The van der Waals surface area contributed by atoms with E-state index >= 15 is 0 Å². The van der Waals surface area contributed by atoms with E-state index in [0.29, 0.717) is 18.5 Å². The fourth-order valence-corrected chi connectivity index (χ4v) is 4.68. The monoisotopic (exact) mass is 392 g/mol. The van der Waals surface area contributed by atoms with Gasteiger partial charge in [0.25, 0.3) is 0 Å². The minimum Gasteiger partial charge on any atom is -0.340 e. The highest BCUT2D eigenvalue weighted by Crippen LogP contribution is 2.35. The first kappa shape index (κ1) is 18.0. The Bertz CT molecular complexity index is 1170. The normalized spacial score (nSPS) is 16.3. The lowest BCUT2D eigenvalue weighted by molar-refractivity contribution is 0.328. The minimum atomic E-state index is -0.242. The van der Waals surface area contributed by atoms with Crippen molar-refractivity contribution in [2.75, 3.05) is 0 Å². The molecule has 1 atom stereocenters. The van der Waals surface area contributed by atoms with Crippen LogP contribution >= 0.6 is 0 Å². The molecule has 0 bridgehead atoms. The first-order valence-corrected chi connectivity index (χ1v) is 10.1. The second kappa shape index (κ2) is 7.10. The van der Waals surface area contributed by atoms with Gasteiger partial charge in [-0.2, -0.15) is 0 Å². The van der Waals surface area contributed by atoms with Gasteiger partial charge in [0.15, 0.2) is 0 Å². The largest absolute Gasteiger partial charge is 0.340 e. The van der Waals surface area contributed by atoms with Gasteiger partial charge in [-0.05, 0) is 48.6 Å². The summed E-state index contributed by atoms with van der Waals surface area (Å²) in [5.41, 5.74) is 5.19. The predicted octanol–water partition coefficient (Wildman–Crippen LogP) is 4.85. The van der Waals surface area contributed by atoms with Crippen LogP contribution in [0.4, 0.5) is 8.78 Å². The first-order valence-electron chi connectivity index (χ1n) is 10.1. The predicted molar refractivity (Wildman–Crippen MR) is 108 cm³/mol. The Balaban J connectivity index is 1.50. The second-order valence-corrected chi connectivity index (χ2v) is 7.69. The Hall–Kier alpha value is -3.02. The number of nitrogens with zero attached hydrogens (tertiary/aromatic N) is 4. The van der Waals surface area contributed by atoms with Crippen LogP contribution in [0.3, 0.4) is 0 Å². The first-order chi connectivity index (χ1) is 14.2. The summed E-state index contributed by atoms with van der Waals surface area (Å²) in [6.07, 6.45) is 5.12. The molecule has 0 amide bonds. The van der Waals surface area contributed by atoms with Gasteiger partial charge in [-0.15, -0.1) is 5.10 Å². The molecule has 2 aromatic carbocycles. The van der Waals surface area contributed by atoms with E-state index in [0.717, 1.165) is 35.9 Å². The molecule has 0 fully saturated rings.